The first-order valence-electron chi connectivity index (χ1n) is 9.64. The second kappa shape index (κ2) is 8.19. The molecule has 4 rings (SSSR count). The summed E-state index contributed by atoms with van der Waals surface area (Å²) in [6, 6.07) is 14.8. The zero-order valence-corrected chi connectivity index (χ0v) is 18.6. The molecule has 0 aliphatic rings. The monoisotopic (exact) mass is 467 g/mol. The van der Waals surface area contributed by atoms with Gasteiger partial charge in [-0.3, -0.25) is 4.79 Å². The quantitative estimate of drug-likeness (QED) is 0.461. The molecule has 0 amide bonds. The van der Waals surface area contributed by atoms with Crippen LogP contribution in [0, 0.1) is 18.3 Å². The lowest BCUT2D eigenvalue weighted by molar-refractivity contribution is -0.136. The molecular weight excluding hydrogens is 450 g/mol. The van der Waals surface area contributed by atoms with Crippen LogP contribution in [0.4, 0.5) is 0 Å². The number of carbonyl (C=O) groups is 1. The molecule has 9 heteroatoms. The van der Waals surface area contributed by atoms with E-state index in [2.05, 4.69) is 6.07 Å². The van der Waals surface area contributed by atoms with E-state index in [0.29, 0.717) is 27.4 Å². The average molecular weight is 468 g/mol. The lowest BCUT2D eigenvalue weighted by Gasteiger charge is -2.12. The number of fused-ring (bicyclic) bond motifs is 1. The number of aromatic nitrogens is 2. The molecule has 0 unspecified atom stereocenters. The summed E-state index contributed by atoms with van der Waals surface area (Å²) in [6.07, 6.45) is 3.15. The number of hydrogen-bond acceptors (Lipinski definition) is 4. The largest absolute Gasteiger partial charge is 0.481 e. The SMILES string of the molecule is Cc1c(CC(=O)O)c2ccc(C#N)cn2c1Cc1cccn1S(=O)(=O)c1cccc(Cl)c1. The predicted molar refractivity (Wildman–Crippen MR) is 119 cm³/mol. The maximum atomic E-state index is 13.2. The Balaban J connectivity index is 1.86. The van der Waals surface area contributed by atoms with Crippen LogP contribution in [-0.4, -0.2) is 27.9 Å². The summed E-state index contributed by atoms with van der Waals surface area (Å²) < 4.78 is 29.4. The van der Waals surface area contributed by atoms with Gasteiger partial charge in [0.25, 0.3) is 10.0 Å². The molecule has 0 spiro atoms. The van der Waals surface area contributed by atoms with Crippen molar-refractivity contribution >= 4 is 33.1 Å². The van der Waals surface area contributed by atoms with Crippen LogP contribution in [0.3, 0.4) is 0 Å². The Kier molecular flexibility index (Phi) is 5.55. The Labute approximate surface area is 189 Å². The van der Waals surface area contributed by atoms with Gasteiger partial charge in [0.1, 0.15) is 6.07 Å². The molecule has 0 aliphatic heterocycles. The number of aliphatic carboxylic acids is 1. The number of nitriles is 1. The lowest BCUT2D eigenvalue weighted by Crippen LogP contribution is -2.15. The van der Waals surface area contributed by atoms with Gasteiger partial charge in [-0.15, -0.1) is 0 Å². The van der Waals surface area contributed by atoms with Crippen molar-refractivity contribution in [1.82, 2.24) is 8.37 Å². The van der Waals surface area contributed by atoms with Crippen LogP contribution in [0.1, 0.15) is 28.1 Å². The second-order valence-corrected chi connectivity index (χ2v) is 9.59. The van der Waals surface area contributed by atoms with Crippen molar-refractivity contribution in [2.24, 2.45) is 0 Å². The van der Waals surface area contributed by atoms with Crippen molar-refractivity contribution in [3.63, 3.8) is 0 Å². The topological polar surface area (TPSA) is 105 Å². The minimum atomic E-state index is -3.88. The van der Waals surface area contributed by atoms with Crippen molar-refractivity contribution < 1.29 is 18.3 Å². The maximum absolute atomic E-state index is 13.2. The van der Waals surface area contributed by atoms with Gasteiger partial charge in [0.15, 0.2) is 0 Å². The molecule has 3 aromatic heterocycles. The molecule has 0 radical (unpaired) electrons. The fourth-order valence-electron chi connectivity index (χ4n) is 3.86. The number of benzene rings is 1. The van der Waals surface area contributed by atoms with Gasteiger partial charge in [-0.05, 0) is 60.5 Å². The Hall–Kier alpha value is -3.54. The Bertz CT molecular complexity index is 1510. The minimum Gasteiger partial charge on any atom is -0.481 e. The van der Waals surface area contributed by atoms with Crippen LogP contribution in [0.15, 0.2) is 65.8 Å². The number of nitrogens with zero attached hydrogens (tertiary/aromatic N) is 3. The lowest BCUT2D eigenvalue weighted by atomic mass is 10.1. The molecule has 0 atom stereocenters. The Morgan fingerprint density at radius 2 is 1.97 bits per heavy atom. The first-order valence-corrected chi connectivity index (χ1v) is 11.5. The normalized spacial score (nSPS) is 11.5. The maximum Gasteiger partial charge on any atom is 0.307 e. The van der Waals surface area contributed by atoms with E-state index in [9.17, 15) is 23.6 Å². The van der Waals surface area contributed by atoms with E-state index in [1.165, 1.54) is 22.3 Å². The molecule has 162 valence electrons. The highest BCUT2D eigenvalue weighted by atomic mass is 35.5. The zero-order valence-electron chi connectivity index (χ0n) is 17.0. The van der Waals surface area contributed by atoms with Crippen molar-refractivity contribution in [3.8, 4) is 6.07 Å². The van der Waals surface area contributed by atoms with E-state index < -0.39 is 16.0 Å². The summed E-state index contributed by atoms with van der Waals surface area (Å²) in [7, 11) is -3.88. The van der Waals surface area contributed by atoms with Gasteiger partial charge in [0, 0.05) is 40.7 Å². The molecule has 4 aromatic rings. The summed E-state index contributed by atoms with van der Waals surface area (Å²) in [5.41, 5.74) is 3.68. The number of hydrogen-bond donors (Lipinski definition) is 1. The summed E-state index contributed by atoms with van der Waals surface area (Å²) in [6.45, 7) is 1.81. The summed E-state index contributed by atoms with van der Waals surface area (Å²) in [5.74, 6) is -0.969. The first-order chi connectivity index (χ1) is 15.2. The highest BCUT2D eigenvalue weighted by Crippen LogP contribution is 2.28. The number of pyridine rings is 1. The molecule has 3 heterocycles. The van der Waals surface area contributed by atoms with Crippen molar-refractivity contribution in [1.29, 1.82) is 5.26 Å². The van der Waals surface area contributed by atoms with Crippen LogP contribution in [0.5, 0.6) is 0 Å². The molecular formula is C23H18ClN3O4S. The van der Waals surface area contributed by atoms with Gasteiger partial charge in [-0.2, -0.15) is 5.26 Å². The Morgan fingerprint density at radius 1 is 1.19 bits per heavy atom. The molecule has 0 aliphatic carbocycles. The first kappa shape index (κ1) is 21.7. The van der Waals surface area contributed by atoms with Gasteiger partial charge in [0.05, 0.1) is 16.9 Å². The molecule has 0 saturated carbocycles. The van der Waals surface area contributed by atoms with Crippen molar-refractivity contribution in [2.75, 3.05) is 0 Å². The standard InChI is InChI=1S/C23H18ClN3O4S/c1-15-20(12-23(28)29)21-8-7-16(13-25)14-26(21)22(15)11-18-5-3-9-27(18)32(30,31)19-6-2-4-17(24)10-19/h2-10,14H,11-12H2,1H3,(H,28,29). The van der Waals surface area contributed by atoms with Crippen LogP contribution >= 0.6 is 11.6 Å². The fraction of sp³-hybridized carbons (Fsp3) is 0.130. The molecule has 7 nitrogen and oxygen atoms in total. The molecule has 0 bridgehead atoms. The number of rotatable bonds is 6. The van der Waals surface area contributed by atoms with E-state index >= 15 is 0 Å². The van der Waals surface area contributed by atoms with E-state index in [-0.39, 0.29) is 17.7 Å². The third-order valence-corrected chi connectivity index (χ3v) is 7.34. The van der Waals surface area contributed by atoms with Crippen molar-refractivity contribution in [3.05, 3.63) is 94.0 Å². The van der Waals surface area contributed by atoms with Gasteiger partial charge in [-0.25, -0.2) is 12.4 Å². The van der Waals surface area contributed by atoms with Gasteiger partial charge in [-0.1, -0.05) is 17.7 Å². The van der Waals surface area contributed by atoms with Crippen LogP contribution < -0.4 is 0 Å². The van der Waals surface area contributed by atoms with Gasteiger partial charge in [0.2, 0.25) is 0 Å². The predicted octanol–water partition coefficient (Wildman–Crippen LogP) is 4.03. The second-order valence-electron chi connectivity index (χ2n) is 7.34. The summed E-state index contributed by atoms with van der Waals surface area (Å²) in [4.78, 5) is 11.5. The number of halogens is 1. The van der Waals surface area contributed by atoms with Crippen molar-refractivity contribution in [2.45, 2.75) is 24.7 Å². The molecule has 1 N–H and O–H groups in total. The highest BCUT2D eigenvalue weighted by molar-refractivity contribution is 7.90. The molecule has 0 saturated heterocycles. The van der Waals surface area contributed by atoms with Crippen LogP contribution in [0.2, 0.25) is 5.02 Å². The molecule has 0 fully saturated rings. The van der Waals surface area contributed by atoms with E-state index in [1.807, 2.05) is 6.92 Å². The molecule has 32 heavy (non-hydrogen) atoms. The summed E-state index contributed by atoms with van der Waals surface area (Å²) in [5, 5.41) is 19.0. The minimum absolute atomic E-state index is 0.0672. The smallest absolute Gasteiger partial charge is 0.307 e. The third kappa shape index (κ3) is 3.77. The van der Waals surface area contributed by atoms with Gasteiger partial charge < -0.3 is 9.51 Å². The third-order valence-electron chi connectivity index (χ3n) is 5.39. The van der Waals surface area contributed by atoms with Crippen LogP contribution in [-0.2, 0) is 27.7 Å². The fourth-order valence-corrected chi connectivity index (χ4v) is 5.53. The number of carboxylic acids is 1. The number of carboxylic acid groups (broad SMARTS) is 1. The summed E-state index contributed by atoms with van der Waals surface area (Å²) >= 11 is 5.99. The van der Waals surface area contributed by atoms with Gasteiger partial charge >= 0.3 is 5.97 Å². The van der Waals surface area contributed by atoms with Crippen LogP contribution in [0.25, 0.3) is 5.52 Å². The zero-order chi connectivity index (χ0) is 23.0. The average Bonchev–Trinajstić information content (AvgIpc) is 3.32. The van der Waals surface area contributed by atoms with E-state index in [1.54, 1.807) is 47.0 Å². The highest BCUT2D eigenvalue weighted by Gasteiger charge is 2.23. The van der Waals surface area contributed by atoms with E-state index in [0.717, 1.165) is 11.3 Å². The Morgan fingerprint density at radius 3 is 2.66 bits per heavy atom. The molecule has 1 aromatic carbocycles. The van der Waals surface area contributed by atoms with E-state index in [4.69, 9.17) is 11.6 Å².